The second-order valence-electron chi connectivity index (χ2n) is 15.1. The average Bonchev–Trinajstić information content (AvgIpc) is 2.77. The minimum Gasteiger partial charge on any atom is -0.396 e. The Morgan fingerprint density at radius 2 is 1.50 bits per heavy atom. The number of hydrogen-bond acceptors (Lipinski definition) is 4. The van der Waals surface area contributed by atoms with E-state index in [0.717, 1.165) is 38.5 Å². The maximum Gasteiger partial charge on any atom is 0.0877 e. The molecule has 0 amide bonds. The van der Waals surface area contributed by atoms with Crippen molar-refractivity contribution < 1.29 is 20.4 Å². The average molecular weight is 475 g/mol. The lowest BCUT2D eigenvalue weighted by Gasteiger charge is -2.71. The first-order chi connectivity index (χ1) is 15.7. The molecule has 0 unspecified atom stereocenters. The molecule has 34 heavy (non-hydrogen) atoms. The van der Waals surface area contributed by atoms with Gasteiger partial charge in [-0.05, 0) is 97.2 Å². The molecule has 0 aromatic rings. The van der Waals surface area contributed by atoms with Gasteiger partial charge in [0.05, 0.1) is 18.8 Å². The first-order valence-electron chi connectivity index (χ1n) is 14.0. The first-order valence-corrected chi connectivity index (χ1v) is 14.0. The van der Waals surface area contributed by atoms with E-state index in [-0.39, 0.29) is 34.2 Å². The first kappa shape index (κ1) is 25.2. The summed E-state index contributed by atoms with van der Waals surface area (Å²) in [6.07, 6.45) is 10.4. The van der Waals surface area contributed by atoms with Crippen molar-refractivity contribution in [1.29, 1.82) is 0 Å². The highest BCUT2D eigenvalue weighted by molar-refractivity contribution is 5.34. The lowest BCUT2D eigenvalue weighted by Crippen LogP contribution is -2.68. The Labute approximate surface area is 207 Å². The predicted molar refractivity (Wildman–Crippen MR) is 135 cm³/mol. The van der Waals surface area contributed by atoms with E-state index < -0.39 is 17.6 Å². The molecule has 0 radical (unpaired) electrons. The highest BCUT2D eigenvalue weighted by Crippen LogP contribution is 2.75. The van der Waals surface area contributed by atoms with Crippen LogP contribution in [0.1, 0.15) is 99.3 Å². The number of rotatable bonds is 2. The Bertz CT molecular complexity index is 866. The van der Waals surface area contributed by atoms with E-state index in [0.29, 0.717) is 30.3 Å². The van der Waals surface area contributed by atoms with E-state index in [1.54, 1.807) is 5.57 Å². The molecule has 5 aliphatic carbocycles. The van der Waals surface area contributed by atoms with Crippen molar-refractivity contribution in [3.8, 4) is 0 Å². The zero-order valence-corrected chi connectivity index (χ0v) is 22.5. The third kappa shape index (κ3) is 2.98. The summed E-state index contributed by atoms with van der Waals surface area (Å²) in [5.74, 6) is 1.08. The third-order valence-electron chi connectivity index (χ3n) is 13.2. The van der Waals surface area contributed by atoms with Gasteiger partial charge < -0.3 is 20.4 Å². The van der Waals surface area contributed by atoms with E-state index in [9.17, 15) is 20.4 Å². The van der Waals surface area contributed by atoms with Gasteiger partial charge in [-0.2, -0.15) is 0 Å². The van der Waals surface area contributed by atoms with Crippen LogP contribution in [0.5, 0.6) is 0 Å². The third-order valence-corrected chi connectivity index (χ3v) is 13.2. The van der Waals surface area contributed by atoms with Crippen molar-refractivity contribution >= 4 is 0 Å². The van der Waals surface area contributed by atoms with E-state index in [1.165, 1.54) is 12.8 Å². The fourth-order valence-corrected chi connectivity index (χ4v) is 10.8. The smallest absolute Gasteiger partial charge is 0.0877 e. The fourth-order valence-electron chi connectivity index (χ4n) is 10.8. The van der Waals surface area contributed by atoms with Crippen molar-refractivity contribution in [3.05, 3.63) is 11.6 Å². The Morgan fingerprint density at radius 1 is 0.824 bits per heavy atom. The quantitative estimate of drug-likeness (QED) is 0.421. The van der Waals surface area contributed by atoms with Crippen molar-refractivity contribution in [2.75, 3.05) is 13.2 Å². The Hall–Kier alpha value is -0.420. The molecule has 4 saturated carbocycles. The van der Waals surface area contributed by atoms with Gasteiger partial charge in [0.1, 0.15) is 0 Å². The molecule has 4 nitrogen and oxygen atoms in total. The second kappa shape index (κ2) is 7.55. The molecular weight excluding hydrogens is 424 g/mol. The Kier molecular flexibility index (Phi) is 5.61. The summed E-state index contributed by atoms with van der Waals surface area (Å²) < 4.78 is 0. The second-order valence-corrected chi connectivity index (χ2v) is 15.1. The van der Waals surface area contributed by atoms with Crippen LogP contribution in [0.2, 0.25) is 0 Å². The topological polar surface area (TPSA) is 80.9 Å². The summed E-state index contributed by atoms with van der Waals surface area (Å²) in [5, 5.41) is 43.0. The van der Waals surface area contributed by atoms with Gasteiger partial charge in [0.25, 0.3) is 0 Å². The van der Waals surface area contributed by atoms with Crippen LogP contribution in [-0.4, -0.2) is 45.8 Å². The molecule has 0 aromatic heterocycles. The van der Waals surface area contributed by atoms with Crippen LogP contribution in [0, 0.1) is 50.2 Å². The molecule has 0 aromatic carbocycles. The molecule has 0 bridgehead atoms. The van der Waals surface area contributed by atoms with Gasteiger partial charge in [0.2, 0.25) is 0 Å². The minimum absolute atomic E-state index is 0.0474. The van der Waals surface area contributed by atoms with E-state index in [1.807, 2.05) is 6.92 Å². The van der Waals surface area contributed by atoms with E-state index in [2.05, 4.69) is 40.7 Å². The van der Waals surface area contributed by atoms with Crippen LogP contribution in [0.4, 0.5) is 0 Å². The van der Waals surface area contributed by atoms with Crippen LogP contribution >= 0.6 is 0 Å². The maximum atomic E-state index is 11.0. The molecule has 10 atom stereocenters. The van der Waals surface area contributed by atoms with Crippen molar-refractivity contribution in [2.24, 2.45) is 50.2 Å². The number of aliphatic hydroxyl groups is 4. The highest BCUT2D eigenvalue weighted by Gasteiger charge is 2.69. The number of allylic oxidation sites excluding steroid dienone is 2. The van der Waals surface area contributed by atoms with Crippen LogP contribution in [-0.2, 0) is 0 Å². The molecule has 194 valence electrons. The monoisotopic (exact) mass is 474 g/mol. The Balaban J connectivity index is 1.59. The molecule has 0 saturated heterocycles. The SMILES string of the molecule is CC1(C)CC[C@@]2(CO)CC[C@@]3(C)C(=CC[C@@H]4[C@@]5(C)C[C@@H](O)[C@H](O)[C@@](C)(CO)[C@H]5CC[C@]43C)[C@H]2C1. The van der Waals surface area contributed by atoms with Gasteiger partial charge in [-0.1, -0.05) is 53.2 Å². The molecule has 4 N–H and O–H groups in total. The largest absolute Gasteiger partial charge is 0.396 e. The zero-order chi connectivity index (χ0) is 24.9. The lowest BCUT2D eigenvalue weighted by atomic mass is 9.33. The van der Waals surface area contributed by atoms with Crippen molar-refractivity contribution in [3.63, 3.8) is 0 Å². The summed E-state index contributed by atoms with van der Waals surface area (Å²) in [5.41, 5.74) is 1.42. The molecule has 4 heteroatoms. The van der Waals surface area contributed by atoms with Crippen LogP contribution in [0.25, 0.3) is 0 Å². The predicted octanol–water partition coefficient (Wildman–Crippen LogP) is 5.08. The van der Waals surface area contributed by atoms with Crippen LogP contribution < -0.4 is 0 Å². The standard InChI is InChI=1S/C30H50O4/c1-25(2)11-13-30(18-32)14-12-28(5)19(20(30)15-25)7-8-23-26(3)16-21(33)24(34)27(4,17-31)22(26)9-10-29(23,28)6/h7,20-24,31-34H,8-18H2,1-6H3/t20-,21-,22+,23-,24+,26+,27+,28+,29-,30+/m1/s1. The molecule has 0 heterocycles. The summed E-state index contributed by atoms with van der Waals surface area (Å²) >= 11 is 0. The maximum absolute atomic E-state index is 11.0. The zero-order valence-electron chi connectivity index (χ0n) is 22.5. The lowest BCUT2D eigenvalue weighted by molar-refractivity contribution is -0.243. The van der Waals surface area contributed by atoms with Gasteiger partial charge >= 0.3 is 0 Å². The molecule has 0 aliphatic heterocycles. The highest BCUT2D eigenvalue weighted by atomic mass is 16.3. The minimum atomic E-state index is -0.866. The van der Waals surface area contributed by atoms with Crippen molar-refractivity contribution in [1.82, 2.24) is 0 Å². The molecule has 5 rings (SSSR count). The number of aliphatic hydroxyl groups excluding tert-OH is 4. The van der Waals surface area contributed by atoms with Gasteiger partial charge in [-0.15, -0.1) is 0 Å². The molecule has 4 fully saturated rings. The van der Waals surface area contributed by atoms with Gasteiger partial charge in [0, 0.05) is 17.4 Å². The van der Waals surface area contributed by atoms with Gasteiger partial charge in [-0.25, -0.2) is 0 Å². The number of fused-ring (bicyclic) bond motifs is 7. The number of hydrogen-bond donors (Lipinski definition) is 4. The molecule has 0 spiro atoms. The summed E-state index contributed by atoms with van der Waals surface area (Å²) in [4.78, 5) is 0. The van der Waals surface area contributed by atoms with E-state index >= 15 is 0 Å². The normalized spacial score (nSPS) is 56.4. The van der Waals surface area contributed by atoms with Gasteiger partial charge in [0.15, 0.2) is 0 Å². The molecular formula is C30H50O4. The fraction of sp³-hybridized carbons (Fsp3) is 0.933. The van der Waals surface area contributed by atoms with Gasteiger partial charge in [-0.3, -0.25) is 0 Å². The van der Waals surface area contributed by atoms with Crippen molar-refractivity contribution in [2.45, 2.75) is 112 Å². The summed E-state index contributed by atoms with van der Waals surface area (Å²) in [7, 11) is 0. The van der Waals surface area contributed by atoms with E-state index in [4.69, 9.17) is 0 Å². The Morgan fingerprint density at radius 3 is 2.15 bits per heavy atom. The van der Waals surface area contributed by atoms with Crippen LogP contribution in [0.3, 0.4) is 0 Å². The van der Waals surface area contributed by atoms with Crippen LogP contribution in [0.15, 0.2) is 11.6 Å². The summed E-state index contributed by atoms with van der Waals surface area (Å²) in [6.45, 7) is 14.4. The summed E-state index contributed by atoms with van der Waals surface area (Å²) in [6, 6.07) is 0. The molecule has 5 aliphatic rings.